The molecule has 1 amide bonds. The van der Waals surface area contributed by atoms with Gasteiger partial charge < -0.3 is 10.5 Å². The van der Waals surface area contributed by atoms with Gasteiger partial charge in [-0.2, -0.15) is 0 Å². The van der Waals surface area contributed by atoms with E-state index < -0.39 is 5.60 Å². The average molecular weight is 143 g/mol. The molecule has 0 aliphatic carbocycles. The van der Waals surface area contributed by atoms with Gasteiger partial charge in [-0.3, -0.25) is 4.79 Å². The molecule has 1 rings (SSSR count). The van der Waals surface area contributed by atoms with E-state index in [2.05, 4.69) is 0 Å². The summed E-state index contributed by atoms with van der Waals surface area (Å²) in [5, 5.41) is 0. The second kappa shape index (κ2) is 1.72. The van der Waals surface area contributed by atoms with Crippen LogP contribution in [0.3, 0.4) is 0 Å². The summed E-state index contributed by atoms with van der Waals surface area (Å²) in [7, 11) is 0. The summed E-state index contributed by atoms with van der Waals surface area (Å²) in [6, 6.07) is 0. The number of ether oxygens (including phenoxy) is 1. The van der Waals surface area contributed by atoms with E-state index in [1.54, 1.807) is 0 Å². The normalized spacial score (nSPS) is 31.9. The van der Waals surface area contributed by atoms with Crippen molar-refractivity contribution < 1.29 is 9.53 Å². The molecular weight excluding hydrogens is 130 g/mol. The van der Waals surface area contributed by atoms with Crippen LogP contribution in [-0.4, -0.2) is 18.1 Å². The Labute approximate surface area is 60.5 Å². The Hall–Kier alpha value is -0.570. The van der Waals surface area contributed by atoms with Gasteiger partial charge in [-0.25, -0.2) is 0 Å². The standard InChI is InChI=1S/C7H13NO2/c1-6(2,3)7(4-10-7)5(8)9/h4H2,1-3H3,(H2,8,9). The van der Waals surface area contributed by atoms with Crippen molar-refractivity contribution in [2.24, 2.45) is 11.1 Å². The van der Waals surface area contributed by atoms with E-state index in [-0.39, 0.29) is 11.3 Å². The zero-order valence-electron chi connectivity index (χ0n) is 6.60. The molecule has 1 aliphatic rings. The SMILES string of the molecule is CC(C)(C)C1(C(N)=O)CO1. The number of nitrogens with two attached hydrogens (primary N) is 1. The number of amides is 1. The molecule has 1 saturated heterocycles. The highest BCUT2D eigenvalue weighted by Crippen LogP contribution is 2.43. The fourth-order valence-electron chi connectivity index (χ4n) is 1.02. The van der Waals surface area contributed by atoms with Gasteiger partial charge in [0.05, 0.1) is 6.61 Å². The van der Waals surface area contributed by atoms with Crippen LogP contribution in [0, 0.1) is 5.41 Å². The minimum Gasteiger partial charge on any atom is -0.367 e. The molecule has 1 fully saturated rings. The predicted molar refractivity (Wildman–Crippen MR) is 37.3 cm³/mol. The molecule has 0 aromatic heterocycles. The van der Waals surface area contributed by atoms with Gasteiger partial charge in [0, 0.05) is 5.41 Å². The molecule has 1 heterocycles. The number of hydrogen-bond donors (Lipinski definition) is 1. The van der Waals surface area contributed by atoms with Crippen LogP contribution in [0.2, 0.25) is 0 Å². The van der Waals surface area contributed by atoms with Crippen molar-refractivity contribution in [2.75, 3.05) is 6.61 Å². The second-order valence-electron chi connectivity index (χ2n) is 3.73. The number of rotatable bonds is 1. The Bertz CT molecular complexity index is 165. The van der Waals surface area contributed by atoms with Gasteiger partial charge in [0.2, 0.25) is 0 Å². The number of epoxide rings is 1. The number of carbonyl (C=O) groups is 1. The molecule has 1 atom stereocenters. The number of hydrogen-bond acceptors (Lipinski definition) is 2. The maximum atomic E-state index is 10.8. The van der Waals surface area contributed by atoms with Crippen LogP contribution < -0.4 is 5.73 Å². The molecule has 0 aromatic rings. The monoisotopic (exact) mass is 143 g/mol. The molecule has 0 bridgehead atoms. The molecular formula is C7H13NO2. The van der Waals surface area contributed by atoms with Gasteiger partial charge >= 0.3 is 0 Å². The topological polar surface area (TPSA) is 55.6 Å². The van der Waals surface area contributed by atoms with E-state index in [9.17, 15) is 4.79 Å². The van der Waals surface area contributed by atoms with Crippen LogP contribution >= 0.6 is 0 Å². The van der Waals surface area contributed by atoms with E-state index in [0.29, 0.717) is 6.61 Å². The molecule has 0 saturated carbocycles. The summed E-state index contributed by atoms with van der Waals surface area (Å²) in [5.74, 6) is -0.347. The van der Waals surface area contributed by atoms with Crippen molar-refractivity contribution in [3.63, 3.8) is 0 Å². The summed E-state index contributed by atoms with van der Waals surface area (Å²) >= 11 is 0. The zero-order valence-corrected chi connectivity index (χ0v) is 6.60. The maximum absolute atomic E-state index is 10.8. The Morgan fingerprint density at radius 2 is 2.00 bits per heavy atom. The lowest BCUT2D eigenvalue weighted by atomic mass is 9.80. The van der Waals surface area contributed by atoms with Crippen molar-refractivity contribution in [1.82, 2.24) is 0 Å². The molecule has 2 N–H and O–H groups in total. The molecule has 3 heteroatoms. The summed E-state index contributed by atoms with van der Waals surface area (Å²) in [6.07, 6.45) is 0. The Kier molecular flexibility index (Phi) is 1.30. The van der Waals surface area contributed by atoms with Crippen LogP contribution in [0.1, 0.15) is 20.8 Å². The average Bonchev–Trinajstić information content (AvgIpc) is 2.36. The molecule has 0 spiro atoms. The smallest absolute Gasteiger partial charge is 0.252 e. The third kappa shape index (κ3) is 0.814. The fourth-order valence-corrected chi connectivity index (χ4v) is 1.02. The first-order valence-corrected chi connectivity index (χ1v) is 3.34. The van der Waals surface area contributed by atoms with E-state index in [1.807, 2.05) is 20.8 Å². The Morgan fingerprint density at radius 1 is 1.60 bits per heavy atom. The molecule has 3 nitrogen and oxygen atoms in total. The maximum Gasteiger partial charge on any atom is 0.252 e. The van der Waals surface area contributed by atoms with Crippen LogP contribution in [0.15, 0.2) is 0 Å². The number of primary amides is 1. The van der Waals surface area contributed by atoms with Crippen LogP contribution in [-0.2, 0) is 9.53 Å². The highest BCUT2D eigenvalue weighted by atomic mass is 16.6. The highest BCUT2D eigenvalue weighted by Gasteiger charge is 2.59. The van der Waals surface area contributed by atoms with E-state index in [1.165, 1.54) is 0 Å². The quantitative estimate of drug-likeness (QED) is 0.536. The zero-order chi connectivity index (χ0) is 7.99. The molecule has 1 aliphatic heterocycles. The highest BCUT2D eigenvalue weighted by molar-refractivity contribution is 5.87. The van der Waals surface area contributed by atoms with Gasteiger partial charge in [0.1, 0.15) is 0 Å². The van der Waals surface area contributed by atoms with E-state index >= 15 is 0 Å². The third-order valence-corrected chi connectivity index (χ3v) is 2.04. The minimum atomic E-state index is -0.674. The van der Waals surface area contributed by atoms with Gasteiger partial charge in [-0.05, 0) is 0 Å². The Morgan fingerprint density at radius 3 is 2.00 bits per heavy atom. The first-order valence-electron chi connectivity index (χ1n) is 3.34. The lowest BCUT2D eigenvalue weighted by Crippen LogP contribution is -2.43. The fraction of sp³-hybridized carbons (Fsp3) is 0.857. The summed E-state index contributed by atoms with van der Waals surface area (Å²) < 4.78 is 5.05. The predicted octanol–water partition coefficient (Wildman–Crippen LogP) is 0.287. The van der Waals surface area contributed by atoms with Crippen LogP contribution in [0.25, 0.3) is 0 Å². The van der Waals surface area contributed by atoms with Crippen molar-refractivity contribution in [3.8, 4) is 0 Å². The Balaban J connectivity index is 2.80. The minimum absolute atomic E-state index is 0.168. The van der Waals surface area contributed by atoms with Crippen LogP contribution in [0.5, 0.6) is 0 Å². The molecule has 1 unspecified atom stereocenters. The first kappa shape index (κ1) is 7.54. The summed E-state index contributed by atoms with van der Waals surface area (Å²) in [6.45, 7) is 6.33. The van der Waals surface area contributed by atoms with E-state index in [4.69, 9.17) is 10.5 Å². The van der Waals surface area contributed by atoms with Crippen molar-refractivity contribution >= 4 is 5.91 Å². The van der Waals surface area contributed by atoms with Crippen molar-refractivity contribution in [2.45, 2.75) is 26.4 Å². The molecule has 58 valence electrons. The largest absolute Gasteiger partial charge is 0.367 e. The van der Waals surface area contributed by atoms with Crippen LogP contribution in [0.4, 0.5) is 0 Å². The first-order chi connectivity index (χ1) is 4.40. The van der Waals surface area contributed by atoms with Gasteiger partial charge in [-0.15, -0.1) is 0 Å². The lowest BCUT2D eigenvalue weighted by molar-refractivity contribution is -0.126. The number of carbonyl (C=O) groups excluding carboxylic acids is 1. The molecule has 10 heavy (non-hydrogen) atoms. The summed E-state index contributed by atoms with van der Waals surface area (Å²) in [4.78, 5) is 10.8. The third-order valence-electron chi connectivity index (χ3n) is 2.04. The van der Waals surface area contributed by atoms with Crippen molar-refractivity contribution in [1.29, 1.82) is 0 Å². The molecule has 0 radical (unpaired) electrons. The van der Waals surface area contributed by atoms with Gasteiger partial charge in [0.15, 0.2) is 5.60 Å². The van der Waals surface area contributed by atoms with Gasteiger partial charge in [-0.1, -0.05) is 20.8 Å². The lowest BCUT2D eigenvalue weighted by Gasteiger charge is -2.23. The van der Waals surface area contributed by atoms with Crippen molar-refractivity contribution in [3.05, 3.63) is 0 Å². The second-order valence-corrected chi connectivity index (χ2v) is 3.73. The molecule has 0 aromatic carbocycles. The van der Waals surface area contributed by atoms with E-state index in [0.717, 1.165) is 0 Å². The van der Waals surface area contributed by atoms with Gasteiger partial charge in [0.25, 0.3) is 5.91 Å². The summed E-state index contributed by atoms with van der Waals surface area (Å²) in [5.41, 5.74) is 4.31.